The molecule has 0 spiro atoms. The van der Waals surface area contributed by atoms with Crippen LogP contribution in [0.4, 0.5) is 0 Å². The molecule has 0 rings (SSSR count). The average molecular weight is 543 g/mol. The van der Waals surface area contributed by atoms with Gasteiger partial charge in [-0.1, -0.05) is 99.6 Å². The summed E-state index contributed by atoms with van der Waals surface area (Å²) in [4.78, 5) is 10.1. The summed E-state index contributed by atoms with van der Waals surface area (Å²) in [7, 11) is 0. The number of carbonyl (C=O) groups is 1. The molecular formula is C36H62O3. The highest BCUT2D eigenvalue weighted by molar-refractivity contribution is 5.48. The normalized spacial score (nSPS) is 12.3. The van der Waals surface area contributed by atoms with E-state index in [-0.39, 0.29) is 6.29 Å². The van der Waals surface area contributed by atoms with Gasteiger partial charge in [0.15, 0.2) is 6.29 Å². The van der Waals surface area contributed by atoms with Gasteiger partial charge in [-0.3, -0.25) is 0 Å². The number of ether oxygens (including phenoxy) is 2. The van der Waals surface area contributed by atoms with Crippen molar-refractivity contribution >= 4 is 6.29 Å². The third kappa shape index (κ3) is 38.2. The molecule has 0 aliphatic heterocycles. The maximum Gasteiger partial charge on any atom is 0.157 e. The Hall–Kier alpha value is -1.97. The van der Waals surface area contributed by atoms with Crippen LogP contribution in [0, 0.1) is 0 Å². The molecule has 0 aromatic heterocycles. The predicted molar refractivity (Wildman–Crippen MR) is 173 cm³/mol. The highest BCUT2D eigenvalue weighted by Crippen LogP contribution is 2.10. The van der Waals surface area contributed by atoms with Crippen LogP contribution in [0.1, 0.15) is 130 Å². The number of unbranched alkanes of at least 4 members (excludes halogenated alkanes) is 9. The third-order valence-corrected chi connectivity index (χ3v) is 5.78. The highest BCUT2D eigenvalue weighted by Gasteiger charge is 2.06. The van der Waals surface area contributed by atoms with Crippen LogP contribution in [-0.4, -0.2) is 25.8 Å². The number of aldehydes is 1. The van der Waals surface area contributed by atoms with Crippen LogP contribution in [0.3, 0.4) is 0 Å². The molecule has 0 saturated heterocycles. The minimum Gasteiger partial charge on any atom is -0.353 e. The van der Waals surface area contributed by atoms with Gasteiger partial charge < -0.3 is 14.3 Å². The van der Waals surface area contributed by atoms with Gasteiger partial charge in [0.1, 0.15) is 6.29 Å². The molecule has 39 heavy (non-hydrogen) atoms. The van der Waals surface area contributed by atoms with Gasteiger partial charge in [0.05, 0.1) is 0 Å². The Kier molecular flexibility index (Phi) is 38.3. The largest absolute Gasteiger partial charge is 0.353 e. The molecule has 0 N–H and O–H groups in total. The molecule has 224 valence electrons. The van der Waals surface area contributed by atoms with E-state index in [2.05, 4.69) is 86.8 Å². The van der Waals surface area contributed by atoms with E-state index < -0.39 is 0 Å². The Morgan fingerprint density at radius 3 is 1.33 bits per heavy atom. The summed E-state index contributed by atoms with van der Waals surface area (Å²) in [6.07, 6.45) is 45.4. The molecule has 3 heteroatoms. The third-order valence-electron chi connectivity index (χ3n) is 5.78. The lowest BCUT2D eigenvalue weighted by molar-refractivity contribution is -0.140. The molecule has 0 atom stereocenters. The number of rotatable bonds is 26. The number of allylic oxidation sites excluding steroid dienone is 12. The monoisotopic (exact) mass is 542 g/mol. The molecule has 0 aromatic rings. The maximum atomic E-state index is 10.1. The molecule has 3 nitrogen and oxygen atoms in total. The molecule has 0 heterocycles. The van der Waals surface area contributed by atoms with Crippen LogP contribution in [0.15, 0.2) is 72.9 Å². The second kappa shape index (κ2) is 38.2. The summed E-state index contributed by atoms with van der Waals surface area (Å²) in [5.74, 6) is 0. The molecule has 0 aliphatic rings. The van der Waals surface area contributed by atoms with Crippen molar-refractivity contribution in [3.63, 3.8) is 0 Å². The van der Waals surface area contributed by atoms with Gasteiger partial charge in [0.25, 0.3) is 0 Å². The second-order valence-electron chi connectivity index (χ2n) is 9.41. The maximum absolute atomic E-state index is 10.1. The smallest absolute Gasteiger partial charge is 0.157 e. The fourth-order valence-corrected chi connectivity index (χ4v) is 3.64. The Labute approximate surface area is 243 Å². The van der Waals surface area contributed by atoms with Gasteiger partial charge in [-0.25, -0.2) is 0 Å². The molecule has 0 aromatic carbocycles. The van der Waals surface area contributed by atoms with Crippen LogP contribution in [-0.2, 0) is 14.3 Å². The van der Waals surface area contributed by atoms with Gasteiger partial charge in [-0.15, -0.1) is 0 Å². The van der Waals surface area contributed by atoms with Crippen molar-refractivity contribution in [1.82, 2.24) is 0 Å². The van der Waals surface area contributed by atoms with E-state index in [9.17, 15) is 4.79 Å². The Bertz CT molecular complexity index is 634. The average Bonchev–Trinajstić information content (AvgIpc) is 2.94. The van der Waals surface area contributed by atoms with E-state index in [0.29, 0.717) is 0 Å². The molecule has 0 saturated carbocycles. The zero-order valence-corrected chi connectivity index (χ0v) is 26.0. The van der Waals surface area contributed by atoms with Crippen LogP contribution in [0.5, 0.6) is 0 Å². The molecule has 0 unspecified atom stereocenters. The van der Waals surface area contributed by atoms with E-state index in [0.717, 1.165) is 83.7 Å². The quantitative estimate of drug-likeness (QED) is 0.0358. The number of hydrogen-bond acceptors (Lipinski definition) is 3. The predicted octanol–water partition coefficient (Wildman–Crippen LogP) is 11.2. The lowest BCUT2D eigenvalue weighted by Crippen LogP contribution is -2.17. The molecule has 0 radical (unpaired) electrons. The molecule has 0 amide bonds. The number of hydrogen-bond donors (Lipinski definition) is 0. The fourth-order valence-electron chi connectivity index (χ4n) is 3.64. The minimum absolute atomic E-state index is 0.000845. The number of carbonyl (C=O) groups excluding carboxylic acids is 1. The van der Waals surface area contributed by atoms with Crippen molar-refractivity contribution in [3.05, 3.63) is 72.9 Å². The van der Waals surface area contributed by atoms with Crippen LogP contribution < -0.4 is 0 Å². The summed E-state index contributed by atoms with van der Waals surface area (Å²) in [6, 6.07) is 0. The van der Waals surface area contributed by atoms with Crippen molar-refractivity contribution in [2.75, 3.05) is 13.2 Å². The standard InChI is InChI=1S/C20H36O2.C16H26O/c1-4-7-8-9-10-11-12-13-14-15-16-17-18-19-20(21-5-2)22-6-3;1-2-3-4-5-6-7-8-9-10-11-12-13-14-15-16-17/h7-10,13-14,20H,4-6,11-12,15-19H2,1-3H3;3-6,9-10,16H,2,7-8,11-15H2,1H3/b8-7+,10-9-,14-13-;4-3+,6-5-,10-9-. The zero-order chi connectivity index (χ0) is 28.9. The van der Waals surface area contributed by atoms with Crippen molar-refractivity contribution in [3.8, 4) is 0 Å². The summed E-state index contributed by atoms with van der Waals surface area (Å²) >= 11 is 0. The first-order chi connectivity index (χ1) is 19.3. The van der Waals surface area contributed by atoms with E-state index in [1.54, 1.807) is 0 Å². The summed E-state index contributed by atoms with van der Waals surface area (Å²) in [6.45, 7) is 9.80. The van der Waals surface area contributed by atoms with Crippen LogP contribution >= 0.6 is 0 Å². The lowest BCUT2D eigenvalue weighted by atomic mass is 10.1. The van der Waals surface area contributed by atoms with Gasteiger partial charge in [-0.05, 0) is 97.3 Å². The van der Waals surface area contributed by atoms with Gasteiger partial charge in [0, 0.05) is 19.6 Å². The lowest BCUT2D eigenvalue weighted by Gasteiger charge is -2.16. The molecule has 0 bridgehead atoms. The van der Waals surface area contributed by atoms with Gasteiger partial charge in [0.2, 0.25) is 0 Å². The summed E-state index contributed by atoms with van der Waals surface area (Å²) < 4.78 is 11.1. The topological polar surface area (TPSA) is 35.5 Å². The van der Waals surface area contributed by atoms with Crippen molar-refractivity contribution in [2.24, 2.45) is 0 Å². The first kappa shape index (κ1) is 39.2. The van der Waals surface area contributed by atoms with Crippen molar-refractivity contribution in [1.29, 1.82) is 0 Å². The minimum atomic E-state index is -0.000845. The summed E-state index contributed by atoms with van der Waals surface area (Å²) in [5, 5.41) is 0. The molecule has 0 fully saturated rings. The van der Waals surface area contributed by atoms with E-state index in [4.69, 9.17) is 9.47 Å². The van der Waals surface area contributed by atoms with Gasteiger partial charge in [-0.2, -0.15) is 0 Å². The summed E-state index contributed by atoms with van der Waals surface area (Å²) in [5.41, 5.74) is 0. The second-order valence-corrected chi connectivity index (χ2v) is 9.41. The van der Waals surface area contributed by atoms with Gasteiger partial charge >= 0.3 is 0 Å². The van der Waals surface area contributed by atoms with E-state index in [1.807, 2.05) is 13.8 Å². The van der Waals surface area contributed by atoms with Crippen molar-refractivity contribution < 1.29 is 14.3 Å². The van der Waals surface area contributed by atoms with Crippen LogP contribution in [0.25, 0.3) is 0 Å². The first-order valence-corrected chi connectivity index (χ1v) is 15.9. The Morgan fingerprint density at radius 2 is 0.872 bits per heavy atom. The fraction of sp³-hybridized carbons (Fsp3) is 0.639. The van der Waals surface area contributed by atoms with E-state index >= 15 is 0 Å². The first-order valence-electron chi connectivity index (χ1n) is 15.9. The van der Waals surface area contributed by atoms with Crippen LogP contribution in [0.2, 0.25) is 0 Å². The van der Waals surface area contributed by atoms with E-state index in [1.165, 1.54) is 38.5 Å². The SMILES string of the molecule is CC/C=C/C=C\CC/C=C\CCCCCC(OCC)OCC.CC/C=C/C=C\CC/C=C\CCCCCC=O. The molecule has 0 aliphatic carbocycles. The highest BCUT2D eigenvalue weighted by atomic mass is 16.7. The Balaban J connectivity index is 0. The molecular weight excluding hydrogens is 480 g/mol. The van der Waals surface area contributed by atoms with Crippen molar-refractivity contribution in [2.45, 2.75) is 137 Å². The Morgan fingerprint density at radius 1 is 0.462 bits per heavy atom. The zero-order valence-electron chi connectivity index (χ0n) is 26.0.